The van der Waals surface area contributed by atoms with Gasteiger partial charge in [-0.1, -0.05) is 6.42 Å². The molecule has 0 spiro atoms. The lowest BCUT2D eigenvalue weighted by atomic mass is 10.1. The van der Waals surface area contributed by atoms with E-state index in [2.05, 4.69) is 9.71 Å². The molecule has 0 saturated heterocycles. The average Bonchev–Trinajstić information content (AvgIpc) is 2.99. The average molecular weight is 387 g/mol. The molecule has 0 bridgehead atoms. The second kappa shape index (κ2) is 7.61. The SMILES string of the molecule is Cl.NCC1CCCC1NS(=O)(=O)c1ccc([N+](=O)[O-])c2cccnc12. The molecule has 1 fully saturated rings. The number of pyridine rings is 1. The molecule has 2 unspecified atom stereocenters. The number of sulfonamides is 1. The predicted molar refractivity (Wildman–Crippen MR) is 96.2 cm³/mol. The van der Waals surface area contributed by atoms with Crippen molar-refractivity contribution in [1.82, 2.24) is 9.71 Å². The summed E-state index contributed by atoms with van der Waals surface area (Å²) in [6.07, 6.45) is 3.97. The number of nitro benzene ring substituents is 1. The second-order valence-electron chi connectivity index (χ2n) is 5.89. The lowest BCUT2D eigenvalue weighted by Gasteiger charge is -2.19. The molecule has 1 heterocycles. The largest absolute Gasteiger partial charge is 0.330 e. The number of aromatic nitrogens is 1. The van der Waals surface area contributed by atoms with Crippen molar-refractivity contribution in [1.29, 1.82) is 0 Å². The molecule has 3 rings (SSSR count). The molecule has 8 nitrogen and oxygen atoms in total. The normalized spacial score (nSPS) is 20.4. The van der Waals surface area contributed by atoms with Gasteiger partial charge in [-0.3, -0.25) is 15.1 Å². The van der Waals surface area contributed by atoms with E-state index < -0.39 is 14.9 Å². The topological polar surface area (TPSA) is 128 Å². The number of nitrogens with two attached hydrogens (primary N) is 1. The van der Waals surface area contributed by atoms with Crippen LogP contribution in [-0.4, -0.2) is 30.9 Å². The Bertz CT molecular complexity index is 890. The van der Waals surface area contributed by atoms with Crippen LogP contribution in [0.2, 0.25) is 0 Å². The van der Waals surface area contributed by atoms with Gasteiger partial charge in [-0.2, -0.15) is 0 Å². The highest BCUT2D eigenvalue weighted by atomic mass is 35.5. The number of rotatable bonds is 5. The van der Waals surface area contributed by atoms with Crippen molar-refractivity contribution < 1.29 is 13.3 Å². The van der Waals surface area contributed by atoms with Crippen molar-refractivity contribution in [3.05, 3.63) is 40.6 Å². The number of hydrogen-bond donors (Lipinski definition) is 2. The highest BCUT2D eigenvalue weighted by molar-refractivity contribution is 7.89. The van der Waals surface area contributed by atoms with Crippen LogP contribution < -0.4 is 10.5 Å². The monoisotopic (exact) mass is 386 g/mol. The van der Waals surface area contributed by atoms with Gasteiger partial charge in [0.2, 0.25) is 10.0 Å². The number of nitro groups is 1. The first kappa shape index (κ1) is 19.5. The summed E-state index contributed by atoms with van der Waals surface area (Å²) in [6, 6.07) is 5.27. The summed E-state index contributed by atoms with van der Waals surface area (Å²) in [6.45, 7) is 0.423. The maximum atomic E-state index is 12.8. The minimum Gasteiger partial charge on any atom is -0.330 e. The standard InChI is InChI=1S/C15H18N4O4S.ClH/c16-9-10-3-1-5-12(10)18-24(22,23)14-7-6-13(19(20)21)11-4-2-8-17-15(11)14;/h2,4,6-8,10,12,18H,1,3,5,9,16H2;1H. The minimum atomic E-state index is -3.85. The van der Waals surface area contributed by atoms with Gasteiger partial charge in [0.25, 0.3) is 5.69 Å². The molecular weight excluding hydrogens is 368 g/mol. The first-order chi connectivity index (χ1) is 11.4. The van der Waals surface area contributed by atoms with Crippen LogP contribution in [0.1, 0.15) is 19.3 Å². The summed E-state index contributed by atoms with van der Waals surface area (Å²) >= 11 is 0. The van der Waals surface area contributed by atoms with E-state index in [1.54, 1.807) is 6.07 Å². The summed E-state index contributed by atoms with van der Waals surface area (Å²) in [5, 5.41) is 11.3. The fourth-order valence-electron chi connectivity index (χ4n) is 3.24. The van der Waals surface area contributed by atoms with E-state index in [1.807, 2.05) is 0 Å². The maximum absolute atomic E-state index is 12.8. The van der Waals surface area contributed by atoms with E-state index in [-0.39, 0.29) is 45.9 Å². The molecule has 1 aromatic heterocycles. The molecule has 0 amide bonds. The lowest BCUT2D eigenvalue weighted by Crippen LogP contribution is -2.39. The first-order valence-electron chi connectivity index (χ1n) is 7.68. The van der Waals surface area contributed by atoms with Gasteiger partial charge in [0.1, 0.15) is 4.90 Å². The first-order valence-corrected chi connectivity index (χ1v) is 9.17. The molecule has 3 N–H and O–H groups in total. The number of benzene rings is 1. The highest BCUT2D eigenvalue weighted by Crippen LogP contribution is 2.31. The summed E-state index contributed by atoms with van der Waals surface area (Å²) in [7, 11) is -3.85. The van der Waals surface area contributed by atoms with Gasteiger partial charge < -0.3 is 5.73 Å². The second-order valence-corrected chi connectivity index (χ2v) is 7.58. The Kier molecular flexibility index (Phi) is 5.94. The maximum Gasteiger partial charge on any atom is 0.278 e. The third-order valence-corrected chi connectivity index (χ3v) is 5.99. The Morgan fingerprint density at radius 3 is 2.76 bits per heavy atom. The molecule has 136 valence electrons. The third-order valence-electron chi connectivity index (χ3n) is 4.46. The summed E-state index contributed by atoms with van der Waals surface area (Å²) < 4.78 is 28.3. The van der Waals surface area contributed by atoms with Crippen molar-refractivity contribution in [2.24, 2.45) is 11.7 Å². The van der Waals surface area contributed by atoms with Crippen LogP contribution in [0.25, 0.3) is 10.9 Å². The van der Waals surface area contributed by atoms with Gasteiger partial charge in [-0.15, -0.1) is 12.4 Å². The molecule has 1 aliphatic rings. The summed E-state index contributed by atoms with van der Waals surface area (Å²) in [5.41, 5.74) is 5.63. The van der Waals surface area contributed by atoms with Crippen LogP contribution in [0.5, 0.6) is 0 Å². The van der Waals surface area contributed by atoms with E-state index in [4.69, 9.17) is 5.73 Å². The molecule has 0 aliphatic heterocycles. The Morgan fingerprint density at radius 1 is 1.32 bits per heavy atom. The van der Waals surface area contributed by atoms with Gasteiger partial charge in [-0.05, 0) is 43.5 Å². The van der Waals surface area contributed by atoms with E-state index >= 15 is 0 Å². The van der Waals surface area contributed by atoms with Crippen molar-refractivity contribution in [3.63, 3.8) is 0 Å². The van der Waals surface area contributed by atoms with Gasteiger partial charge in [-0.25, -0.2) is 13.1 Å². The Morgan fingerprint density at radius 2 is 2.08 bits per heavy atom. The van der Waals surface area contributed by atoms with Crippen LogP contribution in [-0.2, 0) is 10.0 Å². The number of halogens is 1. The Balaban J connectivity index is 0.00000225. The van der Waals surface area contributed by atoms with Gasteiger partial charge >= 0.3 is 0 Å². The highest BCUT2D eigenvalue weighted by Gasteiger charge is 2.32. The zero-order valence-electron chi connectivity index (χ0n) is 13.3. The molecule has 1 aliphatic carbocycles. The zero-order valence-corrected chi connectivity index (χ0v) is 14.9. The van der Waals surface area contributed by atoms with Crippen LogP contribution in [0.4, 0.5) is 5.69 Å². The lowest BCUT2D eigenvalue weighted by molar-refractivity contribution is -0.383. The van der Waals surface area contributed by atoms with Gasteiger partial charge in [0, 0.05) is 18.3 Å². The number of hydrogen-bond acceptors (Lipinski definition) is 6. The van der Waals surface area contributed by atoms with Crippen molar-refractivity contribution in [3.8, 4) is 0 Å². The molecule has 1 saturated carbocycles. The third kappa shape index (κ3) is 3.74. The molecule has 0 radical (unpaired) electrons. The van der Waals surface area contributed by atoms with Crippen molar-refractivity contribution >= 4 is 39.0 Å². The van der Waals surface area contributed by atoms with Crippen LogP contribution in [0.3, 0.4) is 0 Å². The fraction of sp³-hybridized carbons (Fsp3) is 0.400. The molecule has 2 aromatic rings. The van der Waals surface area contributed by atoms with Gasteiger partial charge in [0.05, 0.1) is 15.8 Å². The predicted octanol–water partition coefficient (Wildman–Crippen LogP) is 1.97. The summed E-state index contributed by atoms with van der Waals surface area (Å²) in [4.78, 5) is 14.6. The number of non-ortho nitro benzene ring substituents is 1. The Labute approximate surface area is 151 Å². The summed E-state index contributed by atoms with van der Waals surface area (Å²) in [5.74, 6) is 0.108. The minimum absolute atomic E-state index is 0. The van der Waals surface area contributed by atoms with E-state index in [9.17, 15) is 18.5 Å². The quantitative estimate of drug-likeness (QED) is 0.597. The van der Waals surface area contributed by atoms with E-state index in [0.717, 1.165) is 19.3 Å². The van der Waals surface area contributed by atoms with Crippen molar-refractivity contribution in [2.45, 2.75) is 30.2 Å². The smallest absolute Gasteiger partial charge is 0.278 e. The molecule has 2 atom stereocenters. The van der Waals surface area contributed by atoms with Crippen molar-refractivity contribution in [2.75, 3.05) is 6.54 Å². The van der Waals surface area contributed by atoms with Crippen LogP contribution >= 0.6 is 12.4 Å². The number of nitrogens with zero attached hydrogens (tertiary/aromatic N) is 2. The fourth-order valence-corrected chi connectivity index (χ4v) is 4.74. The van der Waals surface area contributed by atoms with E-state index in [1.165, 1.54) is 24.4 Å². The molecule has 25 heavy (non-hydrogen) atoms. The zero-order chi connectivity index (χ0) is 17.3. The van der Waals surface area contributed by atoms with Gasteiger partial charge in [0.15, 0.2) is 0 Å². The van der Waals surface area contributed by atoms with Crippen LogP contribution in [0.15, 0.2) is 35.4 Å². The van der Waals surface area contributed by atoms with E-state index in [0.29, 0.717) is 6.54 Å². The number of nitrogens with one attached hydrogen (secondary N) is 1. The Hall–Kier alpha value is -1.81. The number of fused-ring (bicyclic) bond motifs is 1. The molecular formula is C15H19ClN4O4S. The molecule has 1 aromatic carbocycles. The van der Waals surface area contributed by atoms with Crippen LogP contribution in [0, 0.1) is 16.0 Å². The molecule has 10 heteroatoms.